The predicted octanol–water partition coefficient (Wildman–Crippen LogP) is 4.33. The van der Waals surface area contributed by atoms with Gasteiger partial charge in [-0.3, -0.25) is 9.59 Å². The number of hydrogen-bond donors (Lipinski definition) is 0. The van der Waals surface area contributed by atoms with E-state index in [1.54, 1.807) is 0 Å². The van der Waals surface area contributed by atoms with Gasteiger partial charge in [0.25, 0.3) is 0 Å². The summed E-state index contributed by atoms with van der Waals surface area (Å²) in [6.07, 6.45) is -9.57. The highest BCUT2D eigenvalue weighted by molar-refractivity contribution is 6.07. The summed E-state index contributed by atoms with van der Waals surface area (Å²) < 4.78 is 95.4. The molecule has 0 radical (unpaired) electrons. The molecule has 2 aliphatic heterocycles. The molecule has 2 heterocycles. The molecule has 4 nitrogen and oxygen atoms in total. The Hall–Kier alpha value is -2.20. The molecule has 2 fully saturated rings. The minimum Gasteiger partial charge on any atom is -0.373 e. The molecule has 4 rings (SSSR count). The first kappa shape index (κ1) is 22.0. The third kappa shape index (κ3) is 4.03. The molecule has 0 spiro atoms. The first-order chi connectivity index (χ1) is 14.4. The summed E-state index contributed by atoms with van der Waals surface area (Å²) in [6, 6.07) is 0. The summed E-state index contributed by atoms with van der Waals surface area (Å²) in [4.78, 5) is 25.2. The molecular formula is C21H18F6O4. The number of rotatable bonds is 6. The van der Waals surface area contributed by atoms with Crippen molar-refractivity contribution < 1.29 is 45.4 Å². The molecule has 0 bridgehead atoms. The topological polar surface area (TPSA) is 59.2 Å². The highest BCUT2D eigenvalue weighted by atomic mass is 19.4. The largest absolute Gasteiger partial charge is 0.411 e. The first-order valence-corrected chi connectivity index (χ1v) is 9.67. The number of ketones is 2. The number of carbonyl (C=O) groups is 2. The Balaban J connectivity index is 1.82. The molecule has 168 valence electrons. The van der Waals surface area contributed by atoms with Crippen LogP contribution in [0.4, 0.5) is 26.3 Å². The quantitative estimate of drug-likeness (QED) is 0.449. The maximum Gasteiger partial charge on any atom is 0.411 e. The van der Waals surface area contributed by atoms with Crippen LogP contribution in [0.25, 0.3) is 0 Å². The van der Waals surface area contributed by atoms with Gasteiger partial charge in [-0.05, 0) is 12.8 Å². The number of epoxide rings is 2. The van der Waals surface area contributed by atoms with Crippen LogP contribution in [0.5, 0.6) is 0 Å². The summed E-state index contributed by atoms with van der Waals surface area (Å²) in [5, 5.41) is 0. The maximum atomic E-state index is 14.2. The highest BCUT2D eigenvalue weighted by Crippen LogP contribution is 2.61. The normalized spacial score (nSPS) is 26.8. The first-order valence-electron chi connectivity index (χ1n) is 9.67. The lowest BCUT2D eigenvalue weighted by Gasteiger charge is -2.41. The molecule has 0 amide bonds. The van der Waals surface area contributed by atoms with Crippen LogP contribution in [0, 0.1) is 5.41 Å². The van der Waals surface area contributed by atoms with E-state index in [9.17, 15) is 35.9 Å². The second-order valence-electron chi connectivity index (χ2n) is 8.07. The predicted molar refractivity (Wildman–Crippen MR) is 94.8 cm³/mol. The van der Waals surface area contributed by atoms with Crippen molar-refractivity contribution in [3.05, 3.63) is 46.6 Å². The summed E-state index contributed by atoms with van der Waals surface area (Å²) in [5.41, 5.74) is -6.86. The molecule has 31 heavy (non-hydrogen) atoms. The summed E-state index contributed by atoms with van der Waals surface area (Å²) in [7, 11) is 0. The number of hydrogen-bond acceptors (Lipinski definition) is 4. The number of ether oxygens (including phenoxy) is 2. The van der Waals surface area contributed by atoms with Crippen LogP contribution in [0.3, 0.4) is 0 Å². The minimum atomic E-state index is -5.95. The fraction of sp³-hybridized carbons (Fsp3) is 0.524. The second-order valence-corrected chi connectivity index (χ2v) is 8.07. The van der Waals surface area contributed by atoms with Gasteiger partial charge >= 0.3 is 12.4 Å². The molecule has 0 saturated carbocycles. The zero-order valence-corrected chi connectivity index (χ0v) is 16.1. The molecule has 0 aromatic rings. The van der Waals surface area contributed by atoms with Crippen molar-refractivity contribution in [3.63, 3.8) is 0 Å². The Morgan fingerprint density at radius 1 is 0.710 bits per heavy atom. The number of alkyl halides is 6. The van der Waals surface area contributed by atoms with E-state index in [0.717, 1.165) is 12.2 Å². The van der Waals surface area contributed by atoms with Gasteiger partial charge in [-0.1, -0.05) is 35.5 Å². The van der Waals surface area contributed by atoms with Gasteiger partial charge in [0.05, 0.1) is 25.4 Å². The van der Waals surface area contributed by atoms with Crippen LogP contribution < -0.4 is 0 Å². The lowest BCUT2D eigenvalue weighted by molar-refractivity contribution is -0.309. The van der Waals surface area contributed by atoms with E-state index in [-0.39, 0.29) is 25.0 Å². The molecule has 2 aliphatic carbocycles. The lowest BCUT2D eigenvalue weighted by Crippen LogP contribution is -2.56. The van der Waals surface area contributed by atoms with E-state index in [0.29, 0.717) is 36.5 Å². The van der Waals surface area contributed by atoms with Crippen molar-refractivity contribution >= 4 is 11.6 Å². The van der Waals surface area contributed by atoms with E-state index < -0.39 is 53.3 Å². The van der Waals surface area contributed by atoms with Gasteiger partial charge in [0.1, 0.15) is 0 Å². The number of halogens is 6. The Morgan fingerprint density at radius 2 is 1.06 bits per heavy atom. The second kappa shape index (κ2) is 7.44. The standard InChI is InChI=1S/C21H18F6O4/c22-20(23,24)19(21(25,26)27,15-3-1-11(7-17(15)28)5-13-9-30-13)16-4-2-12(8-18(16)29)6-14-10-31-14/h1-4,13-14H,5-10H2. The van der Waals surface area contributed by atoms with Gasteiger partial charge < -0.3 is 9.47 Å². The van der Waals surface area contributed by atoms with Crippen molar-refractivity contribution in [2.24, 2.45) is 5.41 Å². The van der Waals surface area contributed by atoms with E-state index in [1.807, 2.05) is 0 Å². The molecule has 4 aliphatic rings. The van der Waals surface area contributed by atoms with Crippen LogP contribution >= 0.6 is 0 Å². The van der Waals surface area contributed by atoms with Crippen molar-refractivity contribution in [2.75, 3.05) is 13.2 Å². The van der Waals surface area contributed by atoms with Crippen LogP contribution in [-0.4, -0.2) is 49.3 Å². The van der Waals surface area contributed by atoms with Crippen LogP contribution in [0.15, 0.2) is 46.6 Å². The number of carbonyl (C=O) groups excluding carboxylic acids is 2. The number of allylic oxidation sites excluding steroid dienone is 6. The van der Waals surface area contributed by atoms with Crippen LogP contribution in [-0.2, 0) is 19.1 Å². The molecule has 2 saturated heterocycles. The van der Waals surface area contributed by atoms with Crippen molar-refractivity contribution in [1.29, 1.82) is 0 Å². The van der Waals surface area contributed by atoms with Crippen molar-refractivity contribution in [1.82, 2.24) is 0 Å². The van der Waals surface area contributed by atoms with Gasteiger partial charge in [0.15, 0.2) is 11.6 Å². The average molecular weight is 448 g/mol. The highest BCUT2D eigenvalue weighted by Gasteiger charge is 2.76. The third-order valence-corrected chi connectivity index (χ3v) is 5.79. The van der Waals surface area contributed by atoms with Gasteiger partial charge in [-0.25, -0.2) is 0 Å². The van der Waals surface area contributed by atoms with Gasteiger partial charge in [-0.2, -0.15) is 26.3 Å². The Morgan fingerprint density at radius 3 is 1.32 bits per heavy atom. The third-order valence-electron chi connectivity index (χ3n) is 5.79. The zero-order valence-electron chi connectivity index (χ0n) is 16.1. The van der Waals surface area contributed by atoms with Crippen LogP contribution in [0.1, 0.15) is 25.7 Å². The maximum absolute atomic E-state index is 14.2. The summed E-state index contributed by atoms with van der Waals surface area (Å²) in [6.45, 7) is 0.859. The Bertz CT molecular complexity index is 850. The fourth-order valence-electron chi connectivity index (χ4n) is 4.13. The van der Waals surface area contributed by atoms with Crippen molar-refractivity contribution in [2.45, 2.75) is 50.2 Å². The zero-order chi connectivity index (χ0) is 22.6. The Kier molecular flexibility index (Phi) is 5.28. The molecule has 0 aromatic carbocycles. The fourth-order valence-corrected chi connectivity index (χ4v) is 4.13. The molecular weight excluding hydrogens is 430 g/mol. The molecule has 0 N–H and O–H groups in total. The summed E-state index contributed by atoms with van der Waals surface area (Å²) in [5.74, 6) is -2.61. The average Bonchev–Trinajstić information content (AvgIpc) is 3.53. The Labute approximate surface area is 173 Å². The molecule has 0 aromatic heterocycles. The molecule has 2 unspecified atom stereocenters. The monoisotopic (exact) mass is 448 g/mol. The number of Topliss-reactive ketones (excluding diaryl/α,β-unsaturated/α-hetero) is 2. The summed E-state index contributed by atoms with van der Waals surface area (Å²) >= 11 is 0. The van der Waals surface area contributed by atoms with Gasteiger partial charge in [0, 0.05) is 24.0 Å². The van der Waals surface area contributed by atoms with E-state index in [1.165, 1.54) is 0 Å². The van der Waals surface area contributed by atoms with Crippen LogP contribution in [0.2, 0.25) is 0 Å². The molecule has 10 heteroatoms. The van der Waals surface area contributed by atoms with Gasteiger partial charge in [0.2, 0.25) is 5.41 Å². The SMILES string of the molecule is O=C1CC(CC2CO2)=CC=C1C(C1=CC=C(CC2CO2)CC1=O)(C(F)(F)F)C(F)(F)F. The van der Waals surface area contributed by atoms with E-state index >= 15 is 0 Å². The van der Waals surface area contributed by atoms with Crippen molar-refractivity contribution in [3.8, 4) is 0 Å². The van der Waals surface area contributed by atoms with Gasteiger partial charge in [-0.15, -0.1) is 0 Å². The van der Waals surface area contributed by atoms with E-state index in [2.05, 4.69) is 0 Å². The minimum absolute atomic E-state index is 0.175. The van der Waals surface area contributed by atoms with E-state index in [4.69, 9.17) is 9.47 Å². The smallest absolute Gasteiger partial charge is 0.373 e. The molecule has 2 atom stereocenters. The lowest BCUT2D eigenvalue weighted by atomic mass is 9.65.